The maximum absolute atomic E-state index is 12.7. The lowest BCUT2D eigenvalue weighted by atomic mass is 10.1. The van der Waals surface area contributed by atoms with Gasteiger partial charge in [0, 0.05) is 38.5 Å². The first-order chi connectivity index (χ1) is 12.7. The SMILES string of the molecule is COCCN(CCOC)C(=O)Nc1ccc2c(c1)C(=O)N(C(C)(C)C)C2=O. The summed E-state index contributed by atoms with van der Waals surface area (Å²) in [5.74, 6) is -0.670. The monoisotopic (exact) mass is 377 g/mol. The van der Waals surface area contributed by atoms with Crippen LogP contribution in [0.25, 0.3) is 0 Å². The summed E-state index contributed by atoms with van der Waals surface area (Å²) in [5.41, 5.74) is 0.486. The lowest BCUT2D eigenvalue weighted by Crippen LogP contribution is -2.45. The molecule has 0 radical (unpaired) electrons. The van der Waals surface area contributed by atoms with Gasteiger partial charge in [0.05, 0.1) is 24.3 Å². The Balaban J connectivity index is 2.18. The van der Waals surface area contributed by atoms with Crippen LogP contribution in [-0.4, -0.2) is 73.7 Å². The Kier molecular flexibility index (Phi) is 6.56. The fourth-order valence-corrected chi connectivity index (χ4v) is 2.85. The molecule has 2 rings (SSSR count). The molecule has 1 aliphatic heterocycles. The maximum atomic E-state index is 12.7. The molecule has 8 heteroatoms. The van der Waals surface area contributed by atoms with Gasteiger partial charge in [0.15, 0.2) is 0 Å². The molecule has 148 valence electrons. The molecule has 0 atom stereocenters. The predicted molar refractivity (Wildman–Crippen MR) is 101 cm³/mol. The van der Waals surface area contributed by atoms with Crippen LogP contribution in [0.4, 0.5) is 10.5 Å². The largest absolute Gasteiger partial charge is 0.383 e. The molecule has 1 aliphatic rings. The number of benzene rings is 1. The van der Waals surface area contributed by atoms with Crippen LogP contribution in [0.15, 0.2) is 18.2 Å². The zero-order valence-corrected chi connectivity index (χ0v) is 16.5. The summed E-state index contributed by atoms with van der Waals surface area (Å²) >= 11 is 0. The molecule has 0 saturated carbocycles. The van der Waals surface area contributed by atoms with E-state index in [4.69, 9.17) is 9.47 Å². The molecule has 0 aromatic heterocycles. The normalized spacial score (nSPS) is 13.7. The number of hydrogen-bond acceptors (Lipinski definition) is 5. The van der Waals surface area contributed by atoms with E-state index in [0.717, 1.165) is 0 Å². The molecule has 1 heterocycles. The van der Waals surface area contributed by atoms with Crippen molar-refractivity contribution in [1.29, 1.82) is 0 Å². The molecule has 0 aliphatic carbocycles. The quantitative estimate of drug-likeness (QED) is 0.736. The first-order valence-corrected chi connectivity index (χ1v) is 8.77. The lowest BCUT2D eigenvalue weighted by molar-refractivity contribution is 0.0507. The lowest BCUT2D eigenvalue weighted by Gasteiger charge is -2.29. The number of rotatable bonds is 7. The number of carbonyl (C=O) groups excluding carboxylic acids is 3. The van der Waals surface area contributed by atoms with Gasteiger partial charge in [0.2, 0.25) is 0 Å². The van der Waals surface area contributed by atoms with Gasteiger partial charge in [-0.25, -0.2) is 4.79 Å². The third kappa shape index (κ3) is 4.64. The number of fused-ring (bicyclic) bond motifs is 1. The second-order valence-corrected chi connectivity index (χ2v) is 7.28. The van der Waals surface area contributed by atoms with E-state index in [2.05, 4.69) is 5.32 Å². The Morgan fingerprint density at radius 2 is 1.59 bits per heavy atom. The summed E-state index contributed by atoms with van der Waals surface area (Å²) in [5, 5.41) is 2.77. The Morgan fingerprint density at radius 1 is 1.04 bits per heavy atom. The van der Waals surface area contributed by atoms with Gasteiger partial charge >= 0.3 is 6.03 Å². The molecule has 0 bridgehead atoms. The molecule has 27 heavy (non-hydrogen) atoms. The number of nitrogens with zero attached hydrogens (tertiary/aromatic N) is 2. The molecular formula is C19H27N3O5. The minimum atomic E-state index is -0.617. The third-order valence-electron chi connectivity index (χ3n) is 4.23. The fourth-order valence-electron chi connectivity index (χ4n) is 2.85. The maximum Gasteiger partial charge on any atom is 0.321 e. The van der Waals surface area contributed by atoms with Crippen LogP contribution >= 0.6 is 0 Å². The third-order valence-corrected chi connectivity index (χ3v) is 4.23. The van der Waals surface area contributed by atoms with E-state index in [1.807, 2.05) is 0 Å². The molecule has 1 aromatic rings. The van der Waals surface area contributed by atoms with Crippen LogP contribution in [0.3, 0.4) is 0 Å². The summed E-state index contributed by atoms with van der Waals surface area (Å²) in [6, 6.07) is 4.42. The second-order valence-electron chi connectivity index (χ2n) is 7.28. The highest BCUT2D eigenvalue weighted by Gasteiger charge is 2.41. The summed E-state index contributed by atoms with van der Waals surface area (Å²) < 4.78 is 10.1. The minimum absolute atomic E-state index is 0.299. The van der Waals surface area contributed by atoms with E-state index < -0.39 is 5.54 Å². The van der Waals surface area contributed by atoms with Crippen molar-refractivity contribution in [2.24, 2.45) is 0 Å². The number of amides is 4. The van der Waals surface area contributed by atoms with Gasteiger partial charge in [-0.05, 0) is 39.0 Å². The number of hydrogen-bond donors (Lipinski definition) is 1. The first-order valence-electron chi connectivity index (χ1n) is 8.77. The topological polar surface area (TPSA) is 88.2 Å². The van der Waals surface area contributed by atoms with E-state index >= 15 is 0 Å². The minimum Gasteiger partial charge on any atom is -0.383 e. The van der Waals surface area contributed by atoms with E-state index in [-0.39, 0.29) is 17.8 Å². The van der Waals surface area contributed by atoms with Crippen LogP contribution in [0.1, 0.15) is 41.5 Å². The Morgan fingerprint density at radius 3 is 2.11 bits per heavy atom. The molecule has 1 aromatic carbocycles. The average molecular weight is 377 g/mol. The smallest absolute Gasteiger partial charge is 0.321 e. The molecule has 0 spiro atoms. The van der Waals surface area contributed by atoms with Crippen molar-refractivity contribution in [3.8, 4) is 0 Å². The number of urea groups is 1. The fraction of sp³-hybridized carbons (Fsp3) is 0.526. The Hall–Kier alpha value is -2.45. The Bertz CT molecular complexity index is 719. The van der Waals surface area contributed by atoms with Crippen LogP contribution < -0.4 is 5.32 Å². The summed E-state index contributed by atoms with van der Waals surface area (Å²) in [6.45, 7) is 7.03. The van der Waals surface area contributed by atoms with Gasteiger partial charge in [-0.15, -0.1) is 0 Å². The molecule has 4 amide bonds. The number of ether oxygens (including phenoxy) is 2. The van der Waals surface area contributed by atoms with E-state index in [9.17, 15) is 14.4 Å². The van der Waals surface area contributed by atoms with Crippen molar-refractivity contribution >= 4 is 23.5 Å². The van der Waals surface area contributed by atoms with Crippen molar-refractivity contribution in [3.05, 3.63) is 29.3 Å². The van der Waals surface area contributed by atoms with Crippen molar-refractivity contribution in [2.45, 2.75) is 26.3 Å². The van der Waals surface area contributed by atoms with Crippen LogP contribution in [0.5, 0.6) is 0 Å². The highest BCUT2D eigenvalue weighted by atomic mass is 16.5. The number of imide groups is 1. The van der Waals surface area contributed by atoms with Crippen molar-refractivity contribution in [1.82, 2.24) is 9.80 Å². The summed E-state index contributed by atoms with van der Waals surface area (Å²) in [6.07, 6.45) is 0. The van der Waals surface area contributed by atoms with E-state index in [1.54, 1.807) is 58.1 Å². The number of methoxy groups -OCH3 is 2. The number of anilines is 1. The van der Waals surface area contributed by atoms with Gasteiger partial charge in [-0.1, -0.05) is 0 Å². The highest BCUT2D eigenvalue weighted by Crippen LogP contribution is 2.30. The molecule has 0 unspecified atom stereocenters. The van der Waals surface area contributed by atoms with Crippen molar-refractivity contribution in [3.63, 3.8) is 0 Å². The van der Waals surface area contributed by atoms with Crippen molar-refractivity contribution in [2.75, 3.05) is 45.8 Å². The molecule has 8 nitrogen and oxygen atoms in total. The molecule has 1 N–H and O–H groups in total. The van der Waals surface area contributed by atoms with E-state index in [0.29, 0.717) is 43.1 Å². The van der Waals surface area contributed by atoms with Gasteiger partial charge in [-0.2, -0.15) is 0 Å². The van der Waals surface area contributed by atoms with Gasteiger partial charge in [0.1, 0.15) is 0 Å². The van der Waals surface area contributed by atoms with Gasteiger partial charge in [-0.3, -0.25) is 14.5 Å². The number of nitrogens with one attached hydrogen (secondary N) is 1. The average Bonchev–Trinajstić information content (AvgIpc) is 2.85. The van der Waals surface area contributed by atoms with E-state index in [1.165, 1.54) is 4.90 Å². The van der Waals surface area contributed by atoms with Crippen LogP contribution in [0, 0.1) is 0 Å². The van der Waals surface area contributed by atoms with Crippen LogP contribution in [0.2, 0.25) is 0 Å². The summed E-state index contributed by atoms with van der Waals surface area (Å²) in [7, 11) is 3.13. The Labute approximate surface area is 159 Å². The molecule has 0 saturated heterocycles. The number of carbonyl (C=O) groups is 3. The second kappa shape index (κ2) is 8.49. The standard InChI is InChI=1S/C19H27N3O5/c1-19(2,3)22-16(23)14-7-6-13(12-15(14)17(22)24)20-18(25)21(8-10-26-4)9-11-27-5/h6-7,12H,8-11H2,1-5H3,(H,20,25). The van der Waals surface area contributed by atoms with Gasteiger partial charge in [0.25, 0.3) is 11.8 Å². The highest BCUT2D eigenvalue weighted by molar-refractivity contribution is 6.22. The molecular weight excluding hydrogens is 350 g/mol. The van der Waals surface area contributed by atoms with Crippen molar-refractivity contribution < 1.29 is 23.9 Å². The molecule has 0 fully saturated rings. The zero-order chi connectivity index (χ0) is 20.2. The summed E-state index contributed by atoms with van der Waals surface area (Å²) in [4.78, 5) is 40.5. The first kappa shape index (κ1) is 20.9. The van der Waals surface area contributed by atoms with Crippen LogP contribution in [-0.2, 0) is 9.47 Å². The zero-order valence-electron chi connectivity index (χ0n) is 16.5. The van der Waals surface area contributed by atoms with Gasteiger partial charge < -0.3 is 19.7 Å². The predicted octanol–water partition coefficient (Wildman–Crippen LogP) is 2.21.